The summed E-state index contributed by atoms with van der Waals surface area (Å²) in [6.07, 6.45) is 8.10. The zero-order chi connectivity index (χ0) is 19.4. The first-order valence-electron chi connectivity index (χ1n) is 10.8. The number of ether oxygens (including phenoxy) is 2. The van der Waals surface area contributed by atoms with Crippen LogP contribution in [0.1, 0.15) is 56.6 Å². The molecule has 1 aliphatic carbocycles. The number of rotatable bonds is 5. The smallest absolute Gasteiger partial charge is 0.240 e. The summed E-state index contributed by atoms with van der Waals surface area (Å²) in [7, 11) is 1.68. The highest BCUT2D eigenvalue weighted by Gasteiger charge is 2.45. The summed E-state index contributed by atoms with van der Waals surface area (Å²) in [5, 5.41) is 12.0. The van der Waals surface area contributed by atoms with Gasteiger partial charge in [0.25, 0.3) is 0 Å². The Morgan fingerprint density at radius 1 is 1.18 bits per heavy atom. The molecule has 1 unspecified atom stereocenters. The average molecular weight is 392 g/mol. The van der Waals surface area contributed by atoms with E-state index in [9.17, 15) is 4.79 Å². The van der Waals surface area contributed by atoms with Crippen molar-refractivity contribution in [2.24, 2.45) is 0 Å². The summed E-state index contributed by atoms with van der Waals surface area (Å²) >= 11 is 0. The van der Waals surface area contributed by atoms with E-state index in [1.807, 2.05) is 0 Å². The maximum atomic E-state index is 13.5. The van der Waals surface area contributed by atoms with Crippen LogP contribution in [0.5, 0.6) is 0 Å². The van der Waals surface area contributed by atoms with E-state index in [-0.39, 0.29) is 17.5 Å². The molecule has 0 bridgehead atoms. The van der Waals surface area contributed by atoms with Crippen molar-refractivity contribution < 1.29 is 14.3 Å². The third kappa shape index (κ3) is 3.95. The quantitative estimate of drug-likeness (QED) is 0.814. The normalized spacial score (nSPS) is 25.7. The third-order valence-electron chi connectivity index (χ3n) is 6.65. The van der Waals surface area contributed by atoms with Gasteiger partial charge in [-0.1, -0.05) is 19.3 Å². The van der Waals surface area contributed by atoms with Gasteiger partial charge < -0.3 is 19.4 Å². The van der Waals surface area contributed by atoms with E-state index < -0.39 is 0 Å². The SMILES string of the molecule is COCc1nnc2n1CCC(NC(=O)C1(N3CCOCC3)CCCCC1)CC2. The van der Waals surface area contributed by atoms with Crippen LogP contribution >= 0.6 is 0 Å². The van der Waals surface area contributed by atoms with Crippen LogP contribution < -0.4 is 5.32 Å². The van der Waals surface area contributed by atoms with Gasteiger partial charge in [0.1, 0.15) is 18.0 Å². The van der Waals surface area contributed by atoms with Gasteiger partial charge in [-0.25, -0.2) is 0 Å². The number of carbonyl (C=O) groups excluding carboxylic acids is 1. The molecule has 0 spiro atoms. The second-order valence-corrected chi connectivity index (χ2v) is 8.31. The Balaban J connectivity index is 1.43. The lowest BCUT2D eigenvalue weighted by Gasteiger charge is -2.47. The average Bonchev–Trinajstić information content (AvgIpc) is 3.01. The second-order valence-electron chi connectivity index (χ2n) is 8.31. The summed E-state index contributed by atoms with van der Waals surface area (Å²) in [5.74, 6) is 2.11. The van der Waals surface area contributed by atoms with E-state index in [0.29, 0.717) is 6.61 Å². The first kappa shape index (κ1) is 19.8. The summed E-state index contributed by atoms with van der Waals surface area (Å²) in [6.45, 7) is 4.49. The Morgan fingerprint density at radius 3 is 2.71 bits per heavy atom. The van der Waals surface area contributed by atoms with Crippen molar-refractivity contribution in [2.75, 3.05) is 33.4 Å². The molecule has 1 saturated heterocycles. The largest absolute Gasteiger partial charge is 0.379 e. The highest BCUT2D eigenvalue weighted by atomic mass is 16.5. The number of aryl methyl sites for hydroxylation is 1. The molecule has 1 aromatic rings. The number of hydrogen-bond donors (Lipinski definition) is 1. The molecule has 28 heavy (non-hydrogen) atoms. The predicted octanol–water partition coefficient (Wildman–Crippen LogP) is 1.28. The van der Waals surface area contributed by atoms with Gasteiger partial charge >= 0.3 is 0 Å². The second kappa shape index (κ2) is 8.88. The lowest BCUT2D eigenvalue weighted by atomic mass is 9.79. The maximum Gasteiger partial charge on any atom is 0.240 e. The van der Waals surface area contributed by atoms with E-state index in [0.717, 1.165) is 89.4 Å². The van der Waals surface area contributed by atoms with Gasteiger partial charge in [0.15, 0.2) is 5.82 Å². The summed E-state index contributed by atoms with van der Waals surface area (Å²) < 4.78 is 12.9. The Bertz CT molecular complexity index is 665. The Hall–Kier alpha value is -1.51. The molecule has 0 aromatic carbocycles. The van der Waals surface area contributed by atoms with Crippen LogP contribution in [-0.2, 0) is 33.8 Å². The van der Waals surface area contributed by atoms with Gasteiger partial charge in [0.2, 0.25) is 5.91 Å². The lowest BCUT2D eigenvalue weighted by molar-refractivity contribution is -0.141. The Kier molecular flexibility index (Phi) is 6.28. The maximum absolute atomic E-state index is 13.5. The molecule has 2 aliphatic heterocycles. The number of nitrogens with one attached hydrogen (secondary N) is 1. The molecule has 2 fully saturated rings. The Morgan fingerprint density at radius 2 is 1.96 bits per heavy atom. The van der Waals surface area contributed by atoms with Gasteiger partial charge in [0.05, 0.1) is 13.2 Å². The molecule has 1 atom stereocenters. The van der Waals surface area contributed by atoms with Crippen molar-refractivity contribution in [1.29, 1.82) is 0 Å². The van der Waals surface area contributed by atoms with Crippen molar-refractivity contribution in [1.82, 2.24) is 25.0 Å². The first-order valence-corrected chi connectivity index (χ1v) is 10.8. The van der Waals surface area contributed by atoms with Gasteiger partial charge in [-0.05, 0) is 25.7 Å². The highest BCUT2D eigenvalue weighted by Crippen LogP contribution is 2.35. The number of nitrogens with zero attached hydrogens (tertiary/aromatic N) is 4. The van der Waals surface area contributed by atoms with E-state index in [2.05, 4.69) is 25.0 Å². The monoisotopic (exact) mass is 391 g/mol. The summed E-state index contributed by atoms with van der Waals surface area (Å²) in [4.78, 5) is 15.9. The van der Waals surface area contributed by atoms with Crippen LogP contribution in [0, 0.1) is 0 Å². The van der Waals surface area contributed by atoms with Crippen molar-refractivity contribution in [3.8, 4) is 0 Å². The first-order chi connectivity index (χ1) is 13.7. The standard InChI is InChI=1S/C20H33N5O3/c1-27-15-18-23-22-17-6-5-16(7-10-25(17)18)21-19(26)20(8-3-2-4-9-20)24-11-13-28-14-12-24/h16H,2-15H2,1H3,(H,21,26). The van der Waals surface area contributed by atoms with Gasteiger partial charge in [-0.2, -0.15) is 0 Å². The lowest BCUT2D eigenvalue weighted by Crippen LogP contribution is -2.63. The minimum absolute atomic E-state index is 0.185. The van der Waals surface area contributed by atoms with Gasteiger partial charge in [-0.3, -0.25) is 9.69 Å². The molecule has 4 rings (SSSR count). The molecule has 3 aliphatic rings. The number of hydrogen-bond acceptors (Lipinski definition) is 6. The highest BCUT2D eigenvalue weighted by molar-refractivity contribution is 5.86. The molecule has 1 amide bonds. The summed E-state index contributed by atoms with van der Waals surface area (Å²) in [5.41, 5.74) is -0.343. The Labute approximate surface area is 167 Å². The molecular weight excluding hydrogens is 358 g/mol. The fraction of sp³-hybridized carbons (Fsp3) is 0.850. The molecule has 3 heterocycles. The number of fused-ring (bicyclic) bond motifs is 1. The fourth-order valence-corrected chi connectivity index (χ4v) is 5.06. The van der Waals surface area contributed by atoms with Gasteiger partial charge in [-0.15, -0.1) is 10.2 Å². The number of carbonyl (C=O) groups is 1. The van der Waals surface area contributed by atoms with Crippen molar-refractivity contribution in [2.45, 2.75) is 76.1 Å². The van der Waals surface area contributed by atoms with Crippen molar-refractivity contribution in [3.63, 3.8) is 0 Å². The van der Waals surface area contributed by atoms with E-state index in [1.165, 1.54) is 6.42 Å². The molecular formula is C20H33N5O3. The van der Waals surface area contributed by atoms with Crippen LogP contribution in [0.4, 0.5) is 0 Å². The molecule has 1 saturated carbocycles. The molecule has 1 N–H and O–H groups in total. The molecule has 8 nitrogen and oxygen atoms in total. The minimum Gasteiger partial charge on any atom is -0.379 e. The molecule has 0 radical (unpaired) electrons. The molecule has 8 heteroatoms. The number of methoxy groups -OCH3 is 1. The van der Waals surface area contributed by atoms with Crippen LogP contribution in [0.25, 0.3) is 0 Å². The predicted molar refractivity (Wildman–Crippen MR) is 104 cm³/mol. The number of morpholine rings is 1. The van der Waals surface area contributed by atoms with E-state index in [1.54, 1.807) is 7.11 Å². The van der Waals surface area contributed by atoms with Crippen LogP contribution in [0.3, 0.4) is 0 Å². The number of aromatic nitrogens is 3. The van der Waals surface area contributed by atoms with E-state index >= 15 is 0 Å². The molecule has 1 aromatic heterocycles. The van der Waals surface area contributed by atoms with Crippen molar-refractivity contribution >= 4 is 5.91 Å². The van der Waals surface area contributed by atoms with E-state index in [4.69, 9.17) is 9.47 Å². The minimum atomic E-state index is -0.343. The number of amides is 1. The van der Waals surface area contributed by atoms with Crippen LogP contribution in [0.2, 0.25) is 0 Å². The topological polar surface area (TPSA) is 81.5 Å². The zero-order valence-electron chi connectivity index (χ0n) is 17.0. The molecule has 156 valence electrons. The van der Waals surface area contributed by atoms with Crippen LogP contribution in [-0.4, -0.2) is 70.6 Å². The van der Waals surface area contributed by atoms with Crippen molar-refractivity contribution in [3.05, 3.63) is 11.6 Å². The third-order valence-corrected chi connectivity index (χ3v) is 6.65. The zero-order valence-corrected chi connectivity index (χ0v) is 17.0. The van der Waals surface area contributed by atoms with Crippen LogP contribution in [0.15, 0.2) is 0 Å². The summed E-state index contributed by atoms with van der Waals surface area (Å²) in [6, 6.07) is 0.185. The fourth-order valence-electron chi connectivity index (χ4n) is 5.06. The van der Waals surface area contributed by atoms with Gasteiger partial charge in [0, 0.05) is 39.2 Å².